The number of non-ortho nitro benzene ring substituents is 1. The van der Waals surface area contributed by atoms with Gasteiger partial charge in [0, 0.05) is 28.9 Å². The molecule has 6 heteroatoms. The van der Waals surface area contributed by atoms with E-state index in [4.69, 9.17) is 0 Å². The standard InChI is InChI=1S/C19H12FN3O2/c20-13-7-5-12(6-8-13)19-15-11-14(23(24)25)9-10-16(15)21-17-3-1-2-4-18(17)22-19/h1-11,21H. The van der Waals surface area contributed by atoms with Crippen molar-refractivity contribution in [3.05, 3.63) is 93.8 Å². The molecule has 5 nitrogen and oxygen atoms in total. The van der Waals surface area contributed by atoms with Crippen LogP contribution in [0.2, 0.25) is 0 Å². The summed E-state index contributed by atoms with van der Waals surface area (Å²) in [5.41, 5.74) is 4.02. The summed E-state index contributed by atoms with van der Waals surface area (Å²) >= 11 is 0. The molecule has 0 fully saturated rings. The molecule has 0 amide bonds. The minimum absolute atomic E-state index is 0.0266. The number of aliphatic imine (C=N–C) groups is 1. The highest BCUT2D eigenvalue weighted by Crippen LogP contribution is 2.36. The third kappa shape index (κ3) is 2.74. The maximum absolute atomic E-state index is 13.3. The largest absolute Gasteiger partial charge is 0.353 e. The van der Waals surface area contributed by atoms with E-state index in [0.717, 1.165) is 5.69 Å². The Morgan fingerprint density at radius 2 is 1.72 bits per heavy atom. The van der Waals surface area contributed by atoms with Gasteiger partial charge in [-0.25, -0.2) is 9.38 Å². The highest BCUT2D eigenvalue weighted by molar-refractivity contribution is 6.18. The quantitative estimate of drug-likeness (QED) is 0.416. The van der Waals surface area contributed by atoms with Crippen LogP contribution < -0.4 is 5.32 Å². The summed E-state index contributed by atoms with van der Waals surface area (Å²) in [6.07, 6.45) is 0. The average molecular weight is 333 g/mol. The van der Waals surface area contributed by atoms with E-state index in [0.29, 0.717) is 28.2 Å². The fourth-order valence-corrected chi connectivity index (χ4v) is 2.78. The van der Waals surface area contributed by atoms with E-state index in [9.17, 15) is 14.5 Å². The van der Waals surface area contributed by atoms with Crippen LogP contribution in [0.15, 0.2) is 71.7 Å². The highest BCUT2D eigenvalue weighted by Gasteiger charge is 2.20. The first kappa shape index (κ1) is 15.0. The molecule has 0 radical (unpaired) electrons. The molecule has 0 saturated carbocycles. The second-order valence-corrected chi connectivity index (χ2v) is 5.60. The van der Waals surface area contributed by atoms with Crippen molar-refractivity contribution in [2.24, 2.45) is 4.99 Å². The summed E-state index contributed by atoms with van der Waals surface area (Å²) in [7, 11) is 0. The summed E-state index contributed by atoms with van der Waals surface area (Å²) in [6.45, 7) is 0. The van der Waals surface area contributed by atoms with Gasteiger partial charge in [0.1, 0.15) is 5.82 Å². The number of nitrogens with one attached hydrogen (secondary N) is 1. The normalized spacial score (nSPS) is 12.3. The number of hydrogen-bond donors (Lipinski definition) is 1. The summed E-state index contributed by atoms with van der Waals surface area (Å²) in [4.78, 5) is 15.4. The maximum Gasteiger partial charge on any atom is 0.270 e. The van der Waals surface area contributed by atoms with Crippen LogP contribution in [0, 0.1) is 15.9 Å². The Kier molecular flexibility index (Phi) is 3.50. The topological polar surface area (TPSA) is 67.5 Å². The van der Waals surface area contributed by atoms with Gasteiger partial charge < -0.3 is 5.32 Å². The molecule has 1 heterocycles. The molecule has 0 spiro atoms. The highest BCUT2D eigenvalue weighted by atomic mass is 19.1. The molecule has 0 aromatic heterocycles. The number of nitro groups is 1. The second kappa shape index (κ2) is 5.83. The Morgan fingerprint density at radius 3 is 2.48 bits per heavy atom. The van der Waals surface area contributed by atoms with E-state index in [-0.39, 0.29) is 11.5 Å². The van der Waals surface area contributed by atoms with E-state index in [2.05, 4.69) is 10.3 Å². The van der Waals surface area contributed by atoms with Crippen LogP contribution in [0.25, 0.3) is 0 Å². The second-order valence-electron chi connectivity index (χ2n) is 5.60. The van der Waals surface area contributed by atoms with Gasteiger partial charge in [0.05, 0.1) is 22.0 Å². The lowest BCUT2D eigenvalue weighted by molar-refractivity contribution is -0.384. The molecule has 0 atom stereocenters. The van der Waals surface area contributed by atoms with Crippen molar-refractivity contribution in [2.75, 3.05) is 5.32 Å². The Hall–Kier alpha value is -3.54. The van der Waals surface area contributed by atoms with Crippen LogP contribution in [0.1, 0.15) is 11.1 Å². The summed E-state index contributed by atoms with van der Waals surface area (Å²) in [5.74, 6) is -0.351. The van der Waals surface area contributed by atoms with Crippen LogP contribution >= 0.6 is 0 Å². The van der Waals surface area contributed by atoms with Crippen LogP contribution in [-0.4, -0.2) is 10.6 Å². The van der Waals surface area contributed by atoms with Gasteiger partial charge in [-0.2, -0.15) is 0 Å². The van der Waals surface area contributed by atoms with E-state index >= 15 is 0 Å². The maximum atomic E-state index is 13.3. The van der Waals surface area contributed by atoms with E-state index in [1.165, 1.54) is 24.3 Å². The van der Waals surface area contributed by atoms with Gasteiger partial charge in [-0.1, -0.05) is 12.1 Å². The third-order valence-corrected chi connectivity index (χ3v) is 3.99. The van der Waals surface area contributed by atoms with Crippen molar-refractivity contribution < 1.29 is 9.31 Å². The first-order valence-corrected chi connectivity index (χ1v) is 7.61. The number of anilines is 2. The van der Waals surface area contributed by atoms with Crippen LogP contribution in [0.5, 0.6) is 0 Å². The Bertz CT molecular complexity index is 1010. The molecule has 0 aliphatic carbocycles. The van der Waals surface area contributed by atoms with Gasteiger partial charge >= 0.3 is 0 Å². The molecule has 122 valence electrons. The van der Waals surface area contributed by atoms with Gasteiger partial charge in [0.25, 0.3) is 5.69 Å². The van der Waals surface area contributed by atoms with Crippen molar-refractivity contribution in [3.8, 4) is 0 Å². The molecular weight excluding hydrogens is 321 g/mol. The minimum atomic E-state index is -0.444. The number of halogens is 1. The molecule has 0 saturated heterocycles. The number of fused-ring (bicyclic) bond motifs is 2. The molecule has 3 aromatic carbocycles. The predicted octanol–water partition coefficient (Wildman–Crippen LogP) is 4.96. The molecule has 25 heavy (non-hydrogen) atoms. The smallest absolute Gasteiger partial charge is 0.270 e. The Morgan fingerprint density at radius 1 is 0.960 bits per heavy atom. The summed E-state index contributed by atoms with van der Waals surface area (Å²) in [5, 5.41) is 14.4. The van der Waals surface area contributed by atoms with Crippen LogP contribution in [0.4, 0.5) is 27.1 Å². The fraction of sp³-hybridized carbons (Fsp3) is 0. The number of nitro benzene ring substituents is 1. The van der Waals surface area contributed by atoms with Gasteiger partial charge in [-0.05, 0) is 42.5 Å². The Labute approximate surface area is 142 Å². The summed E-state index contributed by atoms with van der Waals surface area (Å²) < 4.78 is 13.3. The fourth-order valence-electron chi connectivity index (χ4n) is 2.78. The predicted molar refractivity (Wildman–Crippen MR) is 94.5 cm³/mol. The molecule has 4 rings (SSSR count). The zero-order valence-electron chi connectivity index (χ0n) is 12.9. The first-order valence-electron chi connectivity index (χ1n) is 7.61. The van der Waals surface area contributed by atoms with Gasteiger partial charge in [0.15, 0.2) is 0 Å². The lowest BCUT2D eigenvalue weighted by Crippen LogP contribution is -2.06. The van der Waals surface area contributed by atoms with Crippen molar-refractivity contribution in [3.63, 3.8) is 0 Å². The molecular formula is C19H12FN3O2. The minimum Gasteiger partial charge on any atom is -0.353 e. The summed E-state index contributed by atoms with van der Waals surface area (Å²) in [6, 6.07) is 18.0. The number of para-hydroxylation sites is 2. The molecule has 1 aliphatic heterocycles. The number of benzene rings is 3. The van der Waals surface area contributed by atoms with E-state index in [1.807, 2.05) is 24.3 Å². The van der Waals surface area contributed by atoms with Gasteiger partial charge in [-0.15, -0.1) is 0 Å². The number of rotatable bonds is 2. The van der Waals surface area contributed by atoms with Crippen molar-refractivity contribution in [2.45, 2.75) is 0 Å². The molecule has 3 aromatic rings. The van der Waals surface area contributed by atoms with Crippen molar-refractivity contribution in [1.29, 1.82) is 0 Å². The molecule has 0 unspecified atom stereocenters. The van der Waals surface area contributed by atoms with Crippen LogP contribution in [0.3, 0.4) is 0 Å². The third-order valence-electron chi connectivity index (χ3n) is 3.99. The molecule has 1 N–H and O–H groups in total. The van der Waals surface area contributed by atoms with Crippen LogP contribution in [-0.2, 0) is 0 Å². The Balaban J connectivity index is 1.98. The van der Waals surface area contributed by atoms with Crippen molar-refractivity contribution in [1.82, 2.24) is 0 Å². The lowest BCUT2D eigenvalue weighted by Gasteiger charge is -2.10. The SMILES string of the molecule is O=[N+]([O-])c1ccc2c(c1)C(c1ccc(F)cc1)=Nc1ccccc1N2. The van der Waals surface area contributed by atoms with Crippen molar-refractivity contribution >= 4 is 28.5 Å². The zero-order chi connectivity index (χ0) is 17.4. The molecule has 1 aliphatic rings. The average Bonchev–Trinajstić information content (AvgIpc) is 2.78. The molecule has 0 bridgehead atoms. The lowest BCUT2D eigenvalue weighted by atomic mass is 10.00. The monoisotopic (exact) mass is 333 g/mol. The number of nitrogens with zero attached hydrogens (tertiary/aromatic N) is 2. The first-order chi connectivity index (χ1) is 12.1. The van der Waals surface area contributed by atoms with E-state index < -0.39 is 4.92 Å². The van der Waals surface area contributed by atoms with Gasteiger partial charge in [0.2, 0.25) is 0 Å². The number of hydrogen-bond acceptors (Lipinski definition) is 4. The van der Waals surface area contributed by atoms with Gasteiger partial charge in [-0.3, -0.25) is 10.1 Å². The zero-order valence-corrected chi connectivity index (χ0v) is 12.9. The van der Waals surface area contributed by atoms with E-state index in [1.54, 1.807) is 18.2 Å².